The van der Waals surface area contributed by atoms with Crippen molar-refractivity contribution in [2.45, 2.75) is 26.2 Å². The molecule has 0 bridgehead atoms. The van der Waals surface area contributed by atoms with Crippen molar-refractivity contribution in [2.75, 3.05) is 0 Å². The number of hydrogen-bond donors (Lipinski definition) is 1. The average molecular weight is 286 g/mol. The first-order valence-corrected chi connectivity index (χ1v) is 7.61. The molecule has 0 radical (unpaired) electrons. The predicted octanol–water partition coefficient (Wildman–Crippen LogP) is 4.86. The predicted molar refractivity (Wildman–Crippen MR) is 85.0 cm³/mol. The molecule has 0 unspecified atom stereocenters. The van der Waals surface area contributed by atoms with Crippen LogP contribution in [0.5, 0.6) is 0 Å². The molecule has 1 heterocycles. The van der Waals surface area contributed by atoms with Gasteiger partial charge in [0, 0.05) is 15.8 Å². The van der Waals surface area contributed by atoms with Gasteiger partial charge in [-0.1, -0.05) is 37.6 Å². The molecule has 2 nitrogen and oxygen atoms in total. The van der Waals surface area contributed by atoms with E-state index in [2.05, 4.69) is 31.2 Å². The fourth-order valence-electron chi connectivity index (χ4n) is 1.97. The first-order valence-electron chi connectivity index (χ1n) is 6.79. The van der Waals surface area contributed by atoms with Gasteiger partial charge in [0.25, 0.3) is 0 Å². The number of carboxylic acids is 1. The third-order valence-corrected chi connectivity index (χ3v) is 4.17. The highest BCUT2D eigenvalue weighted by Gasteiger charge is 2.02. The molecule has 0 atom stereocenters. The van der Waals surface area contributed by atoms with Gasteiger partial charge in [-0.05, 0) is 42.2 Å². The molecule has 1 aromatic heterocycles. The highest BCUT2D eigenvalue weighted by atomic mass is 32.1. The molecule has 0 aliphatic carbocycles. The molecule has 2 aromatic rings. The number of unbranched alkanes of at least 4 members (excludes halogenated alkanes) is 1. The number of benzene rings is 1. The highest BCUT2D eigenvalue weighted by molar-refractivity contribution is 7.16. The molecule has 1 N–H and O–H groups in total. The van der Waals surface area contributed by atoms with Crippen LogP contribution in [0.15, 0.2) is 42.5 Å². The third-order valence-electron chi connectivity index (χ3n) is 3.07. The van der Waals surface area contributed by atoms with E-state index >= 15 is 0 Å². The van der Waals surface area contributed by atoms with Crippen molar-refractivity contribution in [3.8, 4) is 10.4 Å². The van der Waals surface area contributed by atoms with Crippen LogP contribution in [-0.2, 0) is 11.2 Å². The van der Waals surface area contributed by atoms with Crippen molar-refractivity contribution in [3.05, 3.63) is 52.9 Å². The Balaban J connectivity index is 2.09. The molecule has 0 saturated heterocycles. The maximum absolute atomic E-state index is 10.5. The fraction of sp³-hybridized carbons (Fsp3) is 0.235. The lowest BCUT2D eigenvalue weighted by molar-refractivity contribution is -0.131. The molecule has 0 fully saturated rings. The topological polar surface area (TPSA) is 37.3 Å². The molecule has 0 aliphatic heterocycles. The summed E-state index contributed by atoms with van der Waals surface area (Å²) in [4.78, 5) is 12.6. The van der Waals surface area contributed by atoms with Crippen LogP contribution in [0.1, 0.15) is 30.2 Å². The molecule has 3 heteroatoms. The van der Waals surface area contributed by atoms with Gasteiger partial charge in [0.05, 0.1) is 0 Å². The van der Waals surface area contributed by atoms with E-state index in [1.54, 1.807) is 17.4 Å². The molecule has 20 heavy (non-hydrogen) atoms. The molecule has 1 aromatic carbocycles. The standard InChI is InChI=1S/C17H18O2S/c1-2-3-4-13-5-7-14(8-6-13)16-11-9-15(20-16)10-12-17(18)19/h5-12H,2-4H2,1H3,(H,18,19). The molecule has 2 rings (SSSR count). The minimum absolute atomic E-state index is 0.916. The molecular weight excluding hydrogens is 268 g/mol. The summed E-state index contributed by atoms with van der Waals surface area (Å²) in [6, 6.07) is 12.6. The molecule has 0 aliphatic rings. The Morgan fingerprint density at radius 1 is 1.20 bits per heavy atom. The van der Waals surface area contributed by atoms with Crippen molar-refractivity contribution in [2.24, 2.45) is 0 Å². The van der Waals surface area contributed by atoms with Crippen LogP contribution in [0.4, 0.5) is 0 Å². The van der Waals surface area contributed by atoms with Gasteiger partial charge in [0.1, 0.15) is 0 Å². The number of hydrogen-bond acceptors (Lipinski definition) is 2. The summed E-state index contributed by atoms with van der Waals surface area (Å²) < 4.78 is 0. The summed E-state index contributed by atoms with van der Waals surface area (Å²) in [5.74, 6) is -0.916. The van der Waals surface area contributed by atoms with Gasteiger partial charge >= 0.3 is 5.97 Å². The SMILES string of the molecule is CCCCc1ccc(-c2ccc(C=CC(=O)O)s2)cc1. The van der Waals surface area contributed by atoms with Crippen LogP contribution >= 0.6 is 11.3 Å². The van der Waals surface area contributed by atoms with Gasteiger partial charge in [-0.3, -0.25) is 0 Å². The summed E-state index contributed by atoms with van der Waals surface area (Å²) in [6.07, 6.45) is 6.37. The normalized spacial score (nSPS) is 11.1. The van der Waals surface area contributed by atoms with Gasteiger partial charge in [0.15, 0.2) is 0 Å². The van der Waals surface area contributed by atoms with E-state index in [1.165, 1.54) is 30.0 Å². The first kappa shape index (κ1) is 14.5. The van der Waals surface area contributed by atoms with Crippen molar-refractivity contribution >= 4 is 23.4 Å². The lowest BCUT2D eigenvalue weighted by Crippen LogP contribution is -1.84. The molecule has 0 spiro atoms. The van der Waals surface area contributed by atoms with E-state index in [0.29, 0.717) is 0 Å². The number of aryl methyl sites for hydroxylation is 1. The lowest BCUT2D eigenvalue weighted by atomic mass is 10.1. The van der Waals surface area contributed by atoms with E-state index in [9.17, 15) is 4.79 Å². The summed E-state index contributed by atoms with van der Waals surface area (Å²) >= 11 is 1.60. The Bertz CT molecular complexity index is 594. The third kappa shape index (κ3) is 4.07. The fourth-order valence-corrected chi connectivity index (χ4v) is 2.88. The smallest absolute Gasteiger partial charge is 0.328 e. The zero-order valence-corrected chi connectivity index (χ0v) is 12.3. The number of carboxylic acid groups (broad SMARTS) is 1. The monoisotopic (exact) mass is 286 g/mol. The summed E-state index contributed by atoms with van der Waals surface area (Å²) in [5, 5.41) is 8.62. The van der Waals surface area contributed by atoms with Crippen molar-refractivity contribution in [1.82, 2.24) is 0 Å². The second kappa shape index (κ2) is 7.06. The number of thiophene rings is 1. The maximum Gasteiger partial charge on any atom is 0.328 e. The average Bonchev–Trinajstić information content (AvgIpc) is 2.92. The van der Waals surface area contributed by atoms with Crippen molar-refractivity contribution in [1.29, 1.82) is 0 Å². The molecular formula is C17H18O2S. The lowest BCUT2D eigenvalue weighted by Gasteiger charge is -2.01. The van der Waals surface area contributed by atoms with Crippen LogP contribution in [0.3, 0.4) is 0 Å². The van der Waals surface area contributed by atoms with Crippen LogP contribution in [0.2, 0.25) is 0 Å². The van der Waals surface area contributed by atoms with E-state index < -0.39 is 5.97 Å². The molecule has 104 valence electrons. The maximum atomic E-state index is 10.5. The van der Waals surface area contributed by atoms with E-state index in [4.69, 9.17) is 5.11 Å². The highest BCUT2D eigenvalue weighted by Crippen LogP contribution is 2.29. The zero-order valence-electron chi connectivity index (χ0n) is 11.5. The molecule has 0 saturated carbocycles. The van der Waals surface area contributed by atoms with E-state index in [-0.39, 0.29) is 0 Å². The van der Waals surface area contributed by atoms with Crippen LogP contribution in [0, 0.1) is 0 Å². The second-order valence-corrected chi connectivity index (χ2v) is 5.79. The number of aliphatic carboxylic acids is 1. The second-order valence-electron chi connectivity index (χ2n) is 4.67. The van der Waals surface area contributed by atoms with Crippen LogP contribution < -0.4 is 0 Å². The van der Waals surface area contributed by atoms with E-state index in [1.807, 2.05) is 12.1 Å². The van der Waals surface area contributed by atoms with Gasteiger partial charge < -0.3 is 5.11 Å². The summed E-state index contributed by atoms with van der Waals surface area (Å²) in [5.41, 5.74) is 2.56. The summed E-state index contributed by atoms with van der Waals surface area (Å²) in [7, 11) is 0. The van der Waals surface area contributed by atoms with Crippen molar-refractivity contribution in [3.63, 3.8) is 0 Å². The van der Waals surface area contributed by atoms with E-state index in [0.717, 1.165) is 16.2 Å². The number of rotatable bonds is 6. The van der Waals surface area contributed by atoms with Crippen LogP contribution in [0.25, 0.3) is 16.5 Å². The first-order chi connectivity index (χ1) is 9.69. The summed E-state index contributed by atoms with van der Waals surface area (Å²) in [6.45, 7) is 2.20. The Morgan fingerprint density at radius 3 is 2.60 bits per heavy atom. The Hall–Kier alpha value is -1.87. The molecule has 0 amide bonds. The van der Waals surface area contributed by atoms with Gasteiger partial charge in [0.2, 0.25) is 0 Å². The van der Waals surface area contributed by atoms with Gasteiger partial charge in [-0.2, -0.15) is 0 Å². The van der Waals surface area contributed by atoms with Crippen LogP contribution in [-0.4, -0.2) is 11.1 Å². The Labute approximate surface area is 123 Å². The Kier molecular flexibility index (Phi) is 5.13. The zero-order chi connectivity index (χ0) is 14.4. The largest absolute Gasteiger partial charge is 0.478 e. The minimum atomic E-state index is -0.916. The van der Waals surface area contributed by atoms with Crippen molar-refractivity contribution < 1.29 is 9.90 Å². The Morgan fingerprint density at radius 2 is 1.95 bits per heavy atom. The van der Waals surface area contributed by atoms with Gasteiger partial charge in [-0.15, -0.1) is 11.3 Å². The minimum Gasteiger partial charge on any atom is -0.478 e. The number of carbonyl (C=O) groups is 1. The quantitative estimate of drug-likeness (QED) is 0.770. The van der Waals surface area contributed by atoms with Gasteiger partial charge in [-0.25, -0.2) is 4.79 Å².